The maximum Gasteiger partial charge on any atom is 0.408 e. The Kier molecular flexibility index (Phi) is 5.83. The van der Waals surface area contributed by atoms with E-state index in [1.807, 2.05) is 38.1 Å². The monoisotopic (exact) mass is 466 g/mol. The fourth-order valence-corrected chi connectivity index (χ4v) is 6.62. The van der Waals surface area contributed by atoms with Crippen LogP contribution in [0.25, 0.3) is 11.1 Å². The van der Waals surface area contributed by atoms with Crippen molar-refractivity contribution in [1.82, 2.24) is 9.80 Å². The highest BCUT2D eigenvalue weighted by molar-refractivity contribution is 5.70. The molecule has 6 rings (SSSR count). The average molecular weight is 467 g/mol. The quantitative estimate of drug-likeness (QED) is 0.596. The summed E-state index contributed by atoms with van der Waals surface area (Å²) in [5, 5.41) is 10.4. The van der Waals surface area contributed by atoms with Crippen molar-refractivity contribution >= 4 is 6.09 Å². The summed E-state index contributed by atoms with van der Waals surface area (Å²) in [4.78, 5) is 16.7. The zero-order valence-corrected chi connectivity index (χ0v) is 20.6. The van der Waals surface area contributed by atoms with E-state index in [1.54, 1.807) is 11.0 Å². The lowest BCUT2D eigenvalue weighted by molar-refractivity contribution is -0.0267. The number of benzene rings is 2. The summed E-state index contributed by atoms with van der Waals surface area (Å²) in [5.74, 6) is 0.893. The predicted octanol–water partition coefficient (Wildman–Crippen LogP) is 5.90. The predicted molar refractivity (Wildman–Crippen MR) is 131 cm³/mol. The first kappa shape index (κ1) is 23.2. The molecular weight excluding hydrogens is 431 g/mol. The van der Waals surface area contributed by atoms with Crippen LogP contribution in [-0.4, -0.2) is 53.3 Å². The minimum absolute atomic E-state index is 0.0354. The molecule has 1 N–H and O–H groups in total. The molecule has 2 aromatic rings. The summed E-state index contributed by atoms with van der Waals surface area (Å²) in [6.07, 6.45) is 1.91. The normalized spacial score (nSPS) is 26.9. The third-order valence-corrected chi connectivity index (χ3v) is 8.17. The fourth-order valence-electron chi connectivity index (χ4n) is 6.62. The van der Waals surface area contributed by atoms with Crippen LogP contribution in [0.4, 0.5) is 9.18 Å². The van der Waals surface area contributed by atoms with Crippen molar-refractivity contribution in [3.63, 3.8) is 0 Å². The smallest absolute Gasteiger partial charge is 0.408 e. The number of carboxylic acid groups (broad SMARTS) is 1. The number of halogens is 1. The molecule has 0 aromatic heterocycles. The highest BCUT2D eigenvalue weighted by atomic mass is 19.1. The molecule has 34 heavy (non-hydrogen) atoms. The van der Waals surface area contributed by atoms with Gasteiger partial charge in [0.05, 0.1) is 18.7 Å². The van der Waals surface area contributed by atoms with Gasteiger partial charge in [-0.2, -0.15) is 0 Å². The molecule has 3 saturated heterocycles. The van der Waals surface area contributed by atoms with Crippen LogP contribution in [0.3, 0.4) is 0 Å². The van der Waals surface area contributed by atoms with Crippen LogP contribution in [-0.2, 0) is 6.42 Å². The van der Waals surface area contributed by atoms with Crippen molar-refractivity contribution in [2.75, 3.05) is 26.2 Å². The third kappa shape index (κ3) is 3.86. The first-order chi connectivity index (χ1) is 16.2. The Morgan fingerprint density at radius 3 is 2.56 bits per heavy atom. The van der Waals surface area contributed by atoms with Crippen molar-refractivity contribution in [3.8, 4) is 16.9 Å². The lowest BCUT2D eigenvalue weighted by Gasteiger charge is -2.51. The Morgan fingerprint density at radius 2 is 1.97 bits per heavy atom. The Balaban J connectivity index is 1.54. The zero-order chi connectivity index (χ0) is 24.2. The van der Waals surface area contributed by atoms with Crippen molar-refractivity contribution < 1.29 is 19.0 Å². The standard InChI is InChI=1S/C28H35FN2O3/c1-5-34-25-7-6-19(12-17(25)2)21-13-20-15-28(3,4)26(22(20)14-23(21)29)31(27(32)33)24-16-30-10-8-18(24)9-11-30/h6-7,12-14,18,24,26H,5,8-11,15-16H2,1-4H3,(H,32,33)/t24-,26+/m1/s1. The molecular formula is C28H35FN2O3. The van der Waals surface area contributed by atoms with E-state index in [0.717, 1.165) is 66.9 Å². The van der Waals surface area contributed by atoms with Gasteiger partial charge >= 0.3 is 6.09 Å². The van der Waals surface area contributed by atoms with Crippen LogP contribution >= 0.6 is 0 Å². The Bertz CT molecular complexity index is 1110. The number of piperidine rings is 3. The van der Waals surface area contributed by atoms with Gasteiger partial charge in [-0.3, -0.25) is 4.90 Å². The summed E-state index contributed by atoms with van der Waals surface area (Å²) in [5.41, 5.74) is 3.91. The van der Waals surface area contributed by atoms with Gasteiger partial charge in [0, 0.05) is 12.1 Å². The molecule has 2 aromatic carbocycles. The average Bonchev–Trinajstić information content (AvgIpc) is 3.05. The summed E-state index contributed by atoms with van der Waals surface area (Å²) in [6.45, 7) is 11.6. The largest absolute Gasteiger partial charge is 0.494 e. The second-order valence-electron chi connectivity index (χ2n) is 10.9. The number of nitrogens with zero attached hydrogens (tertiary/aromatic N) is 2. The second kappa shape index (κ2) is 8.56. The number of amides is 1. The van der Waals surface area contributed by atoms with Crippen LogP contribution in [0.2, 0.25) is 0 Å². The van der Waals surface area contributed by atoms with Crippen LogP contribution in [0, 0.1) is 24.1 Å². The van der Waals surface area contributed by atoms with E-state index in [9.17, 15) is 9.90 Å². The van der Waals surface area contributed by atoms with Gasteiger partial charge in [0.1, 0.15) is 11.6 Å². The maximum atomic E-state index is 15.6. The van der Waals surface area contributed by atoms with Crippen LogP contribution in [0.1, 0.15) is 56.3 Å². The molecule has 1 aliphatic carbocycles. The van der Waals surface area contributed by atoms with Gasteiger partial charge in [0.25, 0.3) is 0 Å². The van der Waals surface area contributed by atoms with Gasteiger partial charge in [-0.25, -0.2) is 9.18 Å². The molecule has 2 bridgehead atoms. The van der Waals surface area contributed by atoms with Gasteiger partial charge in [0.2, 0.25) is 0 Å². The number of carbonyl (C=O) groups is 1. The van der Waals surface area contributed by atoms with E-state index >= 15 is 4.39 Å². The van der Waals surface area contributed by atoms with E-state index in [0.29, 0.717) is 18.1 Å². The molecule has 6 heteroatoms. The molecule has 182 valence electrons. The molecule has 3 fully saturated rings. The molecule has 0 unspecified atom stereocenters. The van der Waals surface area contributed by atoms with E-state index in [2.05, 4.69) is 18.7 Å². The molecule has 0 saturated carbocycles. The molecule has 2 atom stereocenters. The number of aryl methyl sites for hydroxylation is 1. The van der Waals surface area contributed by atoms with Crippen LogP contribution in [0.5, 0.6) is 5.75 Å². The fraction of sp³-hybridized carbons (Fsp3) is 0.536. The van der Waals surface area contributed by atoms with Crippen molar-refractivity contribution in [2.45, 2.75) is 59.0 Å². The van der Waals surface area contributed by atoms with Crippen molar-refractivity contribution in [2.24, 2.45) is 11.3 Å². The van der Waals surface area contributed by atoms with Gasteiger partial charge < -0.3 is 14.7 Å². The van der Waals surface area contributed by atoms with Gasteiger partial charge in [0.15, 0.2) is 0 Å². The van der Waals surface area contributed by atoms with E-state index in [4.69, 9.17) is 4.74 Å². The molecule has 0 spiro atoms. The SMILES string of the molecule is CCOc1ccc(-c2cc3c(cc2F)[C@H](N(C(=O)O)[C@@H]2CN4CCC2CC4)C(C)(C)C3)cc1C. The first-order valence-corrected chi connectivity index (χ1v) is 12.5. The molecule has 0 radical (unpaired) electrons. The second-order valence-corrected chi connectivity index (χ2v) is 10.9. The van der Waals surface area contributed by atoms with Gasteiger partial charge in [-0.15, -0.1) is 0 Å². The molecule has 1 amide bonds. The lowest BCUT2D eigenvalue weighted by atomic mass is 9.79. The number of hydrogen-bond donors (Lipinski definition) is 1. The lowest BCUT2D eigenvalue weighted by Crippen LogP contribution is -2.60. The zero-order valence-electron chi connectivity index (χ0n) is 20.6. The van der Waals surface area contributed by atoms with Crippen LogP contribution < -0.4 is 4.74 Å². The maximum absolute atomic E-state index is 15.6. The summed E-state index contributed by atoms with van der Waals surface area (Å²) >= 11 is 0. The molecule has 5 nitrogen and oxygen atoms in total. The van der Waals surface area contributed by atoms with Crippen molar-refractivity contribution in [3.05, 3.63) is 52.8 Å². The highest BCUT2D eigenvalue weighted by Gasteiger charge is 2.50. The minimum Gasteiger partial charge on any atom is -0.494 e. The van der Waals surface area contributed by atoms with Crippen LogP contribution in [0.15, 0.2) is 30.3 Å². The first-order valence-electron chi connectivity index (χ1n) is 12.5. The van der Waals surface area contributed by atoms with Crippen molar-refractivity contribution in [1.29, 1.82) is 0 Å². The summed E-state index contributed by atoms with van der Waals surface area (Å²) in [6, 6.07) is 8.92. The number of hydrogen-bond acceptors (Lipinski definition) is 3. The number of fused-ring (bicyclic) bond motifs is 4. The van der Waals surface area contributed by atoms with E-state index in [1.165, 1.54) is 0 Å². The molecule has 4 aliphatic rings. The van der Waals surface area contributed by atoms with Gasteiger partial charge in [-0.1, -0.05) is 19.9 Å². The Labute approximate surface area is 201 Å². The number of ether oxygens (including phenoxy) is 1. The molecule has 3 aliphatic heterocycles. The Morgan fingerprint density at radius 1 is 1.24 bits per heavy atom. The number of rotatable bonds is 5. The Hall–Kier alpha value is -2.60. The topological polar surface area (TPSA) is 53.0 Å². The summed E-state index contributed by atoms with van der Waals surface area (Å²) in [7, 11) is 0. The van der Waals surface area contributed by atoms with E-state index < -0.39 is 6.09 Å². The minimum atomic E-state index is -0.892. The third-order valence-electron chi connectivity index (χ3n) is 8.17. The van der Waals surface area contributed by atoms with E-state index in [-0.39, 0.29) is 23.3 Å². The molecule has 3 heterocycles. The highest BCUT2D eigenvalue weighted by Crippen LogP contribution is 2.52. The summed E-state index contributed by atoms with van der Waals surface area (Å²) < 4.78 is 21.2. The van der Waals surface area contributed by atoms with Gasteiger partial charge in [-0.05, 0) is 104 Å².